The molecule has 3 heterocycles. The zero-order valence-corrected chi connectivity index (χ0v) is 15.7. The quantitative estimate of drug-likeness (QED) is 0.518. The summed E-state index contributed by atoms with van der Waals surface area (Å²) in [5, 5.41) is 12.9. The summed E-state index contributed by atoms with van der Waals surface area (Å²) < 4.78 is 5.64. The van der Waals surface area contributed by atoms with Crippen molar-refractivity contribution >= 4 is 28.6 Å². The second kappa shape index (κ2) is 7.19. The van der Waals surface area contributed by atoms with Gasteiger partial charge in [-0.3, -0.25) is 9.89 Å². The Morgan fingerprint density at radius 2 is 2.31 bits per heavy atom. The average Bonchev–Trinajstić information content (AvgIpc) is 3.31. The second-order valence-corrected chi connectivity index (χ2v) is 7.37. The summed E-state index contributed by atoms with van der Waals surface area (Å²) in [6, 6.07) is 0. The van der Waals surface area contributed by atoms with E-state index in [4.69, 9.17) is 4.52 Å². The van der Waals surface area contributed by atoms with E-state index in [9.17, 15) is 4.79 Å². The van der Waals surface area contributed by atoms with E-state index in [2.05, 4.69) is 32.2 Å². The van der Waals surface area contributed by atoms with Crippen LogP contribution in [-0.2, 0) is 11.2 Å². The summed E-state index contributed by atoms with van der Waals surface area (Å²) in [4.78, 5) is 21.8. The van der Waals surface area contributed by atoms with E-state index in [0.29, 0.717) is 29.3 Å². The average molecular weight is 371 g/mol. The maximum absolute atomic E-state index is 12.6. The van der Waals surface area contributed by atoms with E-state index in [1.165, 1.54) is 0 Å². The predicted molar refractivity (Wildman–Crippen MR) is 99.2 cm³/mol. The Morgan fingerprint density at radius 1 is 1.42 bits per heavy atom. The molecule has 1 aliphatic carbocycles. The molecule has 0 radical (unpaired) electrons. The lowest BCUT2D eigenvalue weighted by Crippen LogP contribution is -2.17. The van der Waals surface area contributed by atoms with Gasteiger partial charge in [-0.05, 0) is 31.9 Å². The number of nitrogens with one attached hydrogen (secondary N) is 1. The number of ketones is 1. The normalized spacial score (nSPS) is 16.8. The van der Waals surface area contributed by atoms with Gasteiger partial charge in [0.25, 0.3) is 0 Å². The number of carbonyl (C=O) groups excluding carboxylic acids is 1. The van der Waals surface area contributed by atoms with Crippen LogP contribution < -0.4 is 0 Å². The van der Waals surface area contributed by atoms with Gasteiger partial charge in [0.2, 0.25) is 0 Å². The number of hydrogen-bond acceptors (Lipinski definition) is 7. The van der Waals surface area contributed by atoms with E-state index in [1.54, 1.807) is 18.0 Å². The van der Waals surface area contributed by atoms with Crippen LogP contribution in [0.5, 0.6) is 0 Å². The zero-order valence-electron chi connectivity index (χ0n) is 14.9. The minimum Gasteiger partial charge on any atom is -0.360 e. The molecule has 0 aromatic carbocycles. The molecule has 1 unspecified atom stereocenters. The third-order valence-electron chi connectivity index (χ3n) is 4.90. The van der Waals surface area contributed by atoms with E-state index in [1.807, 2.05) is 6.26 Å². The number of unbranched alkanes of at least 4 members (excludes halogenated alkanes) is 1. The molecule has 3 aromatic rings. The Labute approximate surface area is 155 Å². The molecule has 4 rings (SSSR count). The van der Waals surface area contributed by atoms with Crippen LogP contribution >= 0.6 is 11.8 Å². The van der Waals surface area contributed by atoms with Gasteiger partial charge in [-0.25, -0.2) is 9.97 Å². The van der Waals surface area contributed by atoms with E-state index in [-0.39, 0.29) is 11.7 Å². The van der Waals surface area contributed by atoms with E-state index in [0.717, 1.165) is 48.1 Å². The molecule has 0 saturated heterocycles. The van der Waals surface area contributed by atoms with Gasteiger partial charge in [-0.1, -0.05) is 18.5 Å². The number of aromatic amines is 1. The highest BCUT2D eigenvalue weighted by atomic mass is 32.2. The second-order valence-electron chi connectivity index (χ2n) is 6.58. The van der Waals surface area contributed by atoms with Gasteiger partial charge >= 0.3 is 0 Å². The molecule has 8 heteroatoms. The van der Waals surface area contributed by atoms with Crippen LogP contribution in [-0.4, -0.2) is 37.4 Å². The lowest BCUT2D eigenvalue weighted by Gasteiger charge is -2.19. The van der Waals surface area contributed by atoms with Crippen molar-refractivity contribution in [1.29, 1.82) is 0 Å². The van der Waals surface area contributed by atoms with Gasteiger partial charge in [0, 0.05) is 12.0 Å². The van der Waals surface area contributed by atoms with Crippen molar-refractivity contribution in [3.8, 4) is 11.5 Å². The first-order chi connectivity index (χ1) is 12.7. The molecule has 1 N–H and O–H groups in total. The number of hydrogen-bond donors (Lipinski definition) is 1. The molecule has 0 amide bonds. The van der Waals surface area contributed by atoms with Gasteiger partial charge in [0.15, 0.2) is 22.9 Å². The summed E-state index contributed by atoms with van der Waals surface area (Å²) >= 11 is 1.54. The first-order valence-corrected chi connectivity index (χ1v) is 10.2. The molecule has 3 aromatic heterocycles. The Kier molecular flexibility index (Phi) is 4.76. The van der Waals surface area contributed by atoms with Crippen molar-refractivity contribution in [3.05, 3.63) is 17.5 Å². The molecule has 7 nitrogen and oxygen atoms in total. The van der Waals surface area contributed by atoms with Crippen LogP contribution in [0, 0.1) is 0 Å². The standard InChI is InChI=1S/C18H21N5O2S/c1-3-4-8-13(24)10-6-5-7-11-14(23-25-15(10)11)17-20-16-12(9-19-22-16)18(21-17)26-2/h9-10H,3-8H2,1-2H3,(H,19,20,21,22). The number of thioether (sulfide) groups is 1. The number of Topliss-reactive ketones (excluding diaryl/α,β-unsaturated/α-hetero) is 1. The first kappa shape index (κ1) is 17.2. The number of fused-ring (bicyclic) bond motifs is 2. The molecule has 0 fully saturated rings. The maximum Gasteiger partial charge on any atom is 0.185 e. The number of nitrogens with zero attached hydrogens (tertiary/aromatic N) is 4. The van der Waals surface area contributed by atoms with Crippen molar-refractivity contribution in [2.75, 3.05) is 6.26 Å². The molecule has 1 atom stereocenters. The summed E-state index contributed by atoms with van der Waals surface area (Å²) in [6.45, 7) is 2.10. The van der Waals surface area contributed by atoms with Gasteiger partial charge in [0.1, 0.15) is 10.8 Å². The van der Waals surface area contributed by atoms with Crippen molar-refractivity contribution in [3.63, 3.8) is 0 Å². The number of rotatable bonds is 6. The topological polar surface area (TPSA) is 97.6 Å². The Balaban J connectivity index is 1.74. The molecule has 0 spiro atoms. The molecule has 26 heavy (non-hydrogen) atoms. The summed E-state index contributed by atoms with van der Waals surface area (Å²) in [5.41, 5.74) is 2.32. The summed E-state index contributed by atoms with van der Waals surface area (Å²) in [7, 11) is 0. The Bertz CT molecular complexity index is 948. The van der Waals surface area contributed by atoms with Crippen molar-refractivity contribution in [1.82, 2.24) is 25.3 Å². The third kappa shape index (κ3) is 2.92. The van der Waals surface area contributed by atoms with Gasteiger partial charge in [-0.2, -0.15) is 5.10 Å². The van der Waals surface area contributed by atoms with Crippen molar-refractivity contribution in [2.24, 2.45) is 0 Å². The molecule has 136 valence electrons. The molecule has 1 aliphatic rings. The SMILES string of the molecule is CCCCC(=O)C1CCCc2c(-c3nc(SC)c4cn[nH]c4n3)noc21. The highest BCUT2D eigenvalue weighted by Crippen LogP contribution is 2.38. The lowest BCUT2D eigenvalue weighted by atomic mass is 9.83. The molecule has 0 saturated carbocycles. The van der Waals surface area contributed by atoms with Crippen LogP contribution in [0.4, 0.5) is 0 Å². The minimum atomic E-state index is -0.178. The number of carbonyl (C=O) groups is 1. The Hall–Kier alpha value is -2.22. The molecule has 0 bridgehead atoms. The molecule has 0 aliphatic heterocycles. The van der Waals surface area contributed by atoms with Gasteiger partial charge in [0.05, 0.1) is 17.5 Å². The monoisotopic (exact) mass is 371 g/mol. The zero-order chi connectivity index (χ0) is 18.1. The lowest BCUT2D eigenvalue weighted by molar-refractivity contribution is -0.121. The number of aromatic nitrogens is 5. The van der Waals surface area contributed by atoms with Crippen molar-refractivity contribution in [2.45, 2.75) is 56.4 Å². The number of H-pyrrole nitrogens is 1. The Morgan fingerprint density at radius 3 is 3.12 bits per heavy atom. The third-order valence-corrected chi connectivity index (χ3v) is 5.60. The fourth-order valence-corrected chi connectivity index (χ4v) is 4.08. The maximum atomic E-state index is 12.6. The van der Waals surface area contributed by atoms with E-state index < -0.39 is 0 Å². The van der Waals surface area contributed by atoms with Crippen molar-refractivity contribution < 1.29 is 9.32 Å². The largest absolute Gasteiger partial charge is 0.360 e. The fraction of sp³-hybridized carbons (Fsp3) is 0.500. The van der Waals surface area contributed by atoms with Gasteiger partial charge in [-0.15, -0.1) is 11.8 Å². The highest BCUT2D eigenvalue weighted by molar-refractivity contribution is 7.98. The molecular formula is C18H21N5O2S. The predicted octanol–water partition coefficient (Wildman–Crippen LogP) is 3.91. The first-order valence-electron chi connectivity index (χ1n) is 8.99. The summed E-state index contributed by atoms with van der Waals surface area (Å²) in [5.74, 6) is 1.32. The fourth-order valence-electron chi connectivity index (χ4n) is 3.53. The van der Waals surface area contributed by atoms with Crippen LogP contribution in [0.15, 0.2) is 15.7 Å². The summed E-state index contributed by atoms with van der Waals surface area (Å²) in [6.07, 6.45) is 8.86. The molecular weight excluding hydrogens is 350 g/mol. The van der Waals surface area contributed by atoms with Crippen LogP contribution in [0.2, 0.25) is 0 Å². The highest BCUT2D eigenvalue weighted by Gasteiger charge is 2.33. The minimum absolute atomic E-state index is 0.178. The van der Waals surface area contributed by atoms with E-state index >= 15 is 0 Å². The van der Waals surface area contributed by atoms with Gasteiger partial charge < -0.3 is 4.52 Å². The van der Waals surface area contributed by atoms with Crippen LogP contribution in [0.3, 0.4) is 0 Å². The van der Waals surface area contributed by atoms with Crippen LogP contribution in [0.25, 0.3) is 22.6 Å². The smallest absolute Gasteiger partial charge is 0.185 e. The van der Waals surface area contributed by atoms with Crippen LogP contribution in [0.1, 0.15) is 56.3 Å².